The molecular formula is C13H25O. The normalized spacial score (nSPS) is 19.5. The molecule has 0 aromatic rings. The van der Waals surface area contributed by atoms with E-state index in [1.54, 1.807) is 0 Å². The summed E-state index contributed by atoms with van der Waals surface area (Å²) in [7, 11) is 0. The van der Waals surface area contributed by atoms with Crippen molar-refractivity contribution in [2.45, 2.75) is 57.8 Å². The molecule has 0 spiro atoms. The Bertz CT molecular complexity index is 114. The van der Waals surface area contributed by atoms with E-state index in [2.05, 4.69) is 6.92 Å². The Kier molecular flexibility index (Phi) is 7.12. The van der Waals surface area contributed by atoms with Crippen molar-refractivity contribution in [3.05, 3.63) is 6.92 Å². The molecule has 0 heterocycles. The molecule has 0 aliphatic heterocycles. The van der Waals surface area contributed by atoms with Crippen molar-refractivity contribution in [1.29, 1.82) is 0 Å². The highest BCUT2D eigenvalue weighted by Gasteiger charge is 2.11. The van der Waals surface area contributed by atoms with Gasteiger partial charge in [-0.05, 0) is 19.3 Å². The zero-order valence-electron chi connectivity index (χ0n) is 9.47. The summed E-state index contributed by atoms with van der Waals surface area (Å²) in [6.45, 7) is 5.20. The van der Waals surface area contributed by atoms with Crippen molar-refractivity contribution < 1.29 is 4.74 Å². The van der Waals surface area contributed by atoms with Crippen molar-refractivity contribution in [2.75, 3.05) is 13.2 Å². The molecule has 0 aromatic carbocycles. The highest BCUT2D eigenvalue weighted by Crippen LogP contribution is 2.26. The van der Waals surface area contributed by atoms with Crippen LogP contribution in [0.4, 0.5) is 0 Å². The average molecular weight is 197 g/mol. The van der Waals surface area contributed by atoms with Crippen LogP contribution < -0.4 is 0 Å². The Morgan fingerprint density at radius 1 is 1.00 bits per heavy atom. The lowest BCUT2D eigenvalue weighted by Gasteiger charge is -2.13. The van der Waals surface area contributed by atoms with Gasteiger partial charge in [-0.1, -0.05) is 51.4 Å². The molecular weight excluding hydrogens is 172 g/mol. The standard InChI is InChI=1S/C13H25O/c1-2-14-12-8-7-11-13-9-5-3-4-6-10-13/h13H,1-12H2. The minimum Gasteiger partial charge on any atom is -0.381 e. The van der Waals surface area contributed by atoms with Crippen molar-refractivity contribution >= 4 is 0 Å². The van der Waals surface area contributed by atoms with Crippen LogP contribution in [-0.2, 0) is 4.74 Å². The fourth-order valence-electron chi connectivity index (χ4n) is 2.39. The number of unbranched alkanes of at least 4 members (excludes halogenated alkanes) is 1. The first-order chi connectivity index (χ1) is 6.93. The second-order valence-corrected chi connectivity index (χ2v) is 4.47. The van der Waals surface area contributed by atoms with Gasteiger partial charge in [0.1, 0.15) is 0 Å². The van der Waals surface area contributed by atoms with Crippen LogP contribution in [0.2, 0.25) is 0 Å². The van der Waals surface area contributed by atoms with Crippen LogP contribution in [-0.4, -0.2) is 13.2 Å². The molecule has 1 saturated carbocycles. The van der Waals surface area contributed by atoms with Crippen LogP contribution in [0.3, 0.4) is 0 Å². The molecule has 14 heavy (non-hydrogen) atoms. The van der Waals surface area contributed by atoms with E-state index >= 15 is 0 Å². The Morgan fingerprint density at radius 2 is 1.71 bits per heavy atom. The first-order valence-electron chi connectivity index (χ1n) is 6.30. The molecule has 83 valence electrons. The SMILES string of the molecule is [CH2]COCCCCC1CCCCCC1. The maximum Gasteiger partial charge on any atom is 0.0466 e. The van der Waals surface area contributed by atoms with Gasteiger partial charge in [0.2, 0.25) is 0 Å². The molecule has 1 aliphatic carbocycles. The highest BCUT2D eigenvalue weighted by molar-refractivity contribution is 4.64. The lowest BCUT2D eigenvalue weighted by molar-refractivity contribution is 0.154. The van der Waals surface area contributed by atoms with Crippen LogP contribution in [0.1, 0.15) is 57.8 Å². The van der Waals surface area contributed by atoms with Crippen LogP contribution in [0, 0.1) is 12.8 Å². The molecule has 1 nitrogen and oxygen atoms in total. The Balaban J connectivity index is 1.93. The average Bonchev–Trinajstić information content (AvgIpc) is 2.46. The minimum atomic E-state index is 0.628. The van der Waals surface area contributed by atoms with Gasteiger partial charge in [-0.15, -0.1) is 0 Å². The Labute approximate surface area is 89.2 Å². The quantitative estimate of drug-likeness (QED) is 0.462. The summed E-state index contributed by atoms with van der Waals surface area (Å²) in [5.41, 5.74) is 0. The van der Waals surface area contributed by atoms with E-state index in [4.69, 9.17) is 4.74 Å². The highest BCUT2D eigenvalue weighted by atomic mass is 16.5. The van der Waals surface area contributed by atoms with Crippen molar-refractivity contribution in [3.63, 3.8) is 0 Å². The first-order valence-corrected chi connectivity index (χ1v) is 6.30. The maximum absolute atomic E-state index is 5.24. The summed E-state index contributed by atoms with van der Waals surface area (Å²) in [5, 5.41) is 0. The largest absolute Gasteiger partial charge is 0.381 e. The van der Waals surface area contributed by atoms with Gasteiger partial charge < -0.3 is 4.74 Å². The number of hydrogen-bond donors (Lipinski definition) is 0. The van der Waals surface area contributed by atoms with Gasteiger partial charge in [-0.25, -0.2) is 0 Å². The third-order valence-corrected chi connectivity index (χ3v) is 3.27. The molecule has 0 saturated heterocycles. The molecule has 1 heteroatoms. The molecule has 0 atom stereocenters. The first kappa shape index (κ1) is 12.0. The minimum absolute atomic E-state index is 0.628. The van der Waals surface area contributed by atoms with Gasteiger partial charge >= 0.3 is 0 Å². The predicted molar refractivity (Wildman–Crippen MR) is 61.2 cm³/mol. The van der Waals surface area contributed by atoms with E-state index in [0.29, 0.717) is 6.61 Å². The predicted octanol–water partition coefficient (Wildman–Crippen LogP) is 3.98. The third-order valence-electron chi connectivity index (χ3n) is 3.27. The Hall–Kier alpha value is -0.0400. The number of hydrogen-bond acceptors (Lipinski definition) is 1. The van der Waals surface area contributed by atoms with Gasteiger partial charge in [0.15, 0.2) is 0 Å². The maximum atomic E-state index is 5.24. The second kappa shape index (κ2) is 8.28. The lowest BCUT2D eigenvalue weighted by Crippen LogP contribution is -2.00. The van der Waals surface area contributed by atoms with E-state index in [9.17, 15) is 0 Å². The summed E-state index contributed by atoms with van der Waals surface area (Å²) in [5.74, 6) is 1.03. The van der Waals surface area contributed by atoms with E-state index in [1.165, 1.54) is 57.8 Å². The lowest BCUT2D eigenvalue weighted by atomic mass is 9.94. The van der Waals surface area contributed by atoms with E-state index in [-0.39, 0.29) is 0 Å². The van der Waals surface area contributed by atoms with Gasteiger partial charge in [-0.2, -0.15) is 0 Å². The summed E-state index contributed by atoms with van der Waals surface area (Å²) >= 11 is 0. The fraction of sp³-hybridized carbons (Fsp3) is 0.923. The molecule has 0 N–H and O–H groups in total. The van der Waals surface area contributed by atoms with Crippen LogP contribution in [0.25, 0.3) is 0 Å². The van der Waals surface area contributed by atoms with Crippen molar-refractivity contribution in [2.24, 2.45) is 5.92 Å². The molecule has 0 aromatic heterocycles. The molecule has 0 unspecified atom stereocenters. The summed E-state index contributed by atoms with van der Waals surface area (Å²) < 4.78 is 5.24. The smallest absolute Gasteiger partial charge is 0.0466 e. The molecule has 0 amide bonds. The Morgan fingerprint density at radius 3 is 2.36 bits per heavy atom. The fourth-order valence-corrected chi connectivity index (χ4v) is 2.39. The van der Waals surface area contributed by atoms with E-state index in [1.807, 2.05) is 0 Å². The summed E-state index contributed by atoms with van der Waals surface area (Å²) in [4.78, 5) is 0. The number of rotatable bonds is 6. The molecule has 0 bridgehead atoms. The van der Waals surface area contributed by atoms with E-state index < -0.39 is 0 Å². The number of ether oxygens (including phenoxy) is 1. The molecule has 1 fully saturated rings. The molecule has 1 aliphatic rings. The monoisotopic (exact) mass is 197 g/mol. The molecule has 1 radical (unpaired) electrons. The topological polar surface area (TPSA) is 9.23 Å². The van der Waals surface area contributed by atoms with Gasteiger partial charge in [0.25, 0.3) is 0 Å². The second-order valence-electron chi connectivity index (χ2n) is 4.47. The summed E-state index contributed by atoms with van der Waals surface area (Å²) in [6.07, 6.45) is 12.9. The zero-order valence-corrected chi connectivity index (χ0v) is 9.47. The van der Waals surface area contributed by atoms with E-state index in [0.717, 1.165) is 12.5 Å². The van der Waals surface area contributed by atoms with Crippen LogP contribution in [0.15, 0.2) is 0 Å². The van der Waals surface area contributed by atoms with Gasteiger partial charge in [0, 0.05) is 13.2 Å². The van der Waals surface area contributed by atoms with Crippen LogP contribution in [0.5, 0.6) is 0 Å². The van der Waals surface area contributed by atoms with Gasteiger partial charge in [0.05, 0.1) is 0 Å². The third kappa shape index (κ3) is 5.64. The van der Waals surface area contributed by atoms with Crippen molar-refractivity contribution in [1.82, 2.24) is 0 Å². The van der Waals surface area contributed by atoms with Crippen LogP contribution >= 0.6 is 0 Å². The van der Waals surface area contributed by atoms with Crippen molar-refractivity contribution in [3.8, 4) is 0 Å². The van der Waals surface area contributed by atoms with Gasteiger partial charge in [-0.3, -0.25) is 0 Å². The zero-order chi connectivity index (χ0) is 10.1. The summed E-state index contributed by atoms with van der Waals surface area (Å²) in [6, 6.07) is 0. The molecule has 1 rings (SSSR count).